The predicted octanol–water partition coefficient (Wildman–Crippen LogP) is 3.35. The van der Waals surface area contributed by atoms with Gasteiger partial charge in [0, 0.05) is 29.1 Å². The summed E-state index contributed by atoms with van der Waals surface area (Å²) >= 11 is -1.09. The van der Waals surface area contributed by atoms with Gasteiger partial charge < -0.3 is 4.55 Å². The van der Waals surface area contributed by atoms with Crippen LogP contribution in [0.1, 0.15) is 39.3 Å². The number of aromatic nitrogens is 1. The summed E-state index contributed by atoms with van der Waals surface area (Å²) < 4.78 is 15.1. The monoisotopic (exact) mass is 276 g/mol. The fourth-order valence-corrected chi connectivity index (χ4v) is 2.69. The van der Waals surface area contributed by atoms with Gasteiger partial charge in [-0.1, -0.05) is 24.3 Å². The topological polar surface area (TPSA) is 48.0 Å². The van der Waals surface area contributed by atoms with E-state index in [4.69, 9.17) is 0 Å². The first-order chi connectivity index (χ1) is 8.89. The third-order valence-electron chi connectivity index (χ3n) is 3.01. The van der Waals surface area contributed by atoms with E-state index in [0.29, 0.717) is 0 Å². The maximum Gasteiger partial charge on any atom is 0.136 e. The zero-order valence-electron chi connectivity index (χ0n) is 11.8. The van der Waals surface area contributed by atoms with Gasteiger partial charge >= 0.3 is 0 Å². The van der Waals surface area contributed by atoms with Gasteiger partial charge in [0.15, 0.2) is 0 Å². The molecule has 0 aliphatic carbocycles. The van der Waals surface area contributed by atoms with Crippen molar-refractivity contribution in [2.75, 3.05) is 0 Å². The third-order valence-corrected chi connectivity index (χ3v) is 4.69. The highest BCUT2D eigenvalue weighted by molar-refractivity contribution is 7.90. The van der Waals surface area contributed by atoms with Gasteiger partial charge in [-0.3, -0.25) is 4.98 Å². The Hall–Kier alpha value is -1.10. The minimum absolute atomic E-state index is 0.00124. The molecule has 102 valence electrons. The van der Waals surface area contributed by atoms with Crippen LogP contribution in [0, 0.1) is 0 Å². The third kappa shape index (κ3) is 3.26. The molecule has 0 saturated heterocycles. The molecular weight excluding hydrogens is 256 g/mol. The van der Waals surface area contributed by atoms with E-state index in [2.05, 4.69) is 15.8 Å². The average Bonchev–Trinajstić information content (AvgIpc) is 2.36. The van der Waals surface area contributed by atoms with E-state index >= 15 is 0 Å². The number of nitrogens with one attached hydrogen (secondary N) is 1. The summed E-state index contributed by atoms with van der Waals surface area (Å²) in [5, 5.41) is 2.26. The van der Waals surface area contributed by atoms with E-state index in [-0.39, 0.29) is 10.8 Å². The molecule has 0 spiro atoms. The lowest BCUT2D eigenvalue weighted by Crippen LogP contribution is -2.40. The first-order valence-electron chi connectivity index (χ1n) is 6.40. The Morgan fingerprint density at radius 3 is 2.58 bits per heavy atom. The molecule has 0 fully saturated rings. The van der Waals surface area contributed by atoms with E-state index in [9.17, 15) is 4.55 Å². The summed E-state index contributed by atoms with van der Waals surface area (Å²) in [7, 11) is 0. The highest BCUT2D eigenvalue weighted by Crippen LogP contribution is 2.25. The first kappa shape index (κ1) is 14.3. The van der Waals surface area contributed by atoms with Crippen molar-refractivity contribution in [2.24, 2.45) is 0 Å². The van der Waals surface area contributed by atoms with Crippen LogP contribution < -0.4 is 4.72 Å². The summed E-state index contributed by atoms with van der Waals surface area (Å²) in [6, 6.07) is 8.13. The van der Waals surface area contributed by atoms with Gasteiger partial charge in [0.25, 0.3) is 0 Å². The van der Waals surface area contributed by atoms with Crippen LogP contribution >= 0.6 is 0 Å². The second-order valence-electron chi connectivity index (χ2n) is 5.67. The Balaban J connectivity index is 2.29. The molecule has 19 heavy (non-hydrogen) atoms. The molecule has 2 aromatic rings. The van der Waals surface area contributed by atoms with Gasteiger partial charge in [0.05, 0.1) is 6.04 Å². The number of pyridine rings is 1. The van der Waals surface area contributed by atoms with Crippen LogP contribution in [0.2, 0.25) is 0 Å². The Morgan fingerprint density at radius 2 is 1.89 bits per heavy atom. The maximum atomic E-state index is 12.2. The summed E-state index contributed by atoms with van der Waals surface area (Å²) in [6.45, 7) is 7.91. The Bertz CT molecular complexity index is 560. The van der Waals surface area contributed by atoms with Crippen molar-refractivity contribution in [3.63, 3.8) is 0 Å². The molecule has 0 aliphatic rings. The number of hydrogen-bond acceptors (Lipinski definition) is 3. The minimum atomic E-state index is -1.09. The lowest BCUT2D eigenvalue weighted by atomic mass is 10.0. The van der Waals surface area contributed by atoms with Crippen LogP contribution in [-0.2, 0) is 11.4 Å². The molecular formula is C15H20N2OS. The zero-order valence-corrected chi connectivity index (χ0v) is 12.6. The first-order valence-corrected chi connectivity index (χ1v) is 7.55. The van der Waals surface area contributed by atoms with E-state index < -0.39 is 11.4 Å². The lowest BCUT2D eigenvalue weighted by Gasteiger charge is -2.26. The lowest BCUT2D eigenvalue weighted by molar-refractivity contribution is 0.531. The molecule has 2 unspecified atom stereocenters. The summed E-state index contributed by atoms with van der Waals surface area (Å²) in [4.78, 5) is 4.26. The molecule has 0 saturated carbocycles. The standard InChI is InChI=1S/C15H20N2OS/c1-11(17-19(18)15(2,3)4)14-10-16-9-12-7-5-6-8-13(12)14/h5-11,17H,1-4H3. The Morgan fingerprint density at radius 1 is 1.21 bits per heavy atom. The highest BCUT2D eigenvalue weighted by atomic mass is 32.2. The maximum absolute atomic E-state index is 12.2. The van der Waals surface area contributed by atoms with E-state index in [1.165, 1.54) is 0 Å². The van der Waals surface area contributed by atoms with Crippen LogP contribution in [-0.4, -0.2) is 14.3 Å². The van der Waals surface area contributed by atoms with Crippen molar-refractivity contribution in [3.8, 4) is 0 Å². The predicted molar refractivity (Wildman–Crippen MR) is 81.2 cm³/mol. The van der Waals surface area contributed by atoms with Crippen LogP contribution in [0.5, 0.6) is 0 Å². The van der Waals surface area contributed by atoms with Crippen molar-refractivity contribution < 1.29 is 4.55 Å². The quantitative estimate of drug-likeness (QED) is 0.875. The Labute approximate surface area is 117 Å². The summed E-state index contributed by atoms with van der Waals surface area (Å²) in [5.41, 5.74) is 1.08. The molecule has 0 amide bonds. The largest absolute Gasteiger partial charge is 0.598 e. The van der Waals surface area contributed by atoms with Gasteiger partial charge in [-0.25, -0.2) is 0 Å². The molecule has 0 bridgehead atoms. The second-order valence-corrected chi connectivity index (χ2v) is 7.67. The summed E-state index contributed by atoms with van der Waals surface area (Å²) in [5.74, 6) is 0. The van der Waals surface area contributed by atoms with E-state index in [1.54, 1.807) is 0 Å². The normalized spacial score (nSPS) is 15.4. The zero-order chi connectivity index (χ0) is 14.0. The van der Waals surface area contributed by atoms with Crippen molar-refractivity contribution >= 4 is 22.1 Å². The van der Waals surface area contributed by atoms with Gasteiger partial charge in [-0.15, -0.1) is 4.72 Å². The van der Waals surface area contributed by atoms with Crippen molar-refractivity contribution in [2.45, 2.75) is 38.5 Å². The number of hydrogen-bond donors (Lipinski definition) is 1. The van der Waals surface area contributed by atoms with E-state index in [1.807, 2.05) is 58.3 Å². The van der Waals surface area contributed by atoms with Crippen molar-refractivity contribution in [1.82, 2.24) is 9.71 Å². The SMILES string of the molecule is CC(N[S+]([O-])C(C)(C)C)c1cncc2ccccc12. The molecule has 0 aliphatic heterocycles. The minimum Gasteiger partial charge on any atom is -0.598 e. The van der Waals surface area contributed by atoms with E-state index in [0.717, 1.165) is 16.3 Å². The number of nitrogens with zero attached hydrogens (tertiary/aromatic N) is 1. The fourth-order valence-electron chi connectivity index (χ4n) is 1.89. The molecule has 1 heterocycles. The van der Waals surface area contributed by atoms with Crippen LogP contribution in [0.3, 0.4) is 0 Å². The molecule has 2 atom stereocenters. The van der Waals surface area contributed by atoms with Crippen LogP contribution in [0.25, 0.3) is 10.8 Å². The van der Waals surface area contributed by atoms with Gasteiger partial charge in [-0.05, 0) is 38.6 Å². The molecule has 3 nitrogen and oxygen atoms in total. The van der Waals surface area contributed by atoms with Gasteiger partial charge in [-0.2, -0.15) is 0 Å². The van der Waals surface area contributed by atoms with Crippen LogP contribution in [0.15, 0.2) is 36.7 Å². The average molecular weight is 276 g/mol. The highest BCUT2D eigenvalue weighted by Gasteiger charge is 2.28. The number of rotatable bonds is 3. The van der Waals surface area contributed by atoms with Crippen LogP contribution in [0.4, 0.5) is 0 Å². The van der Waals surface area contributed by atoms with Crippen molar-refractivity contribution in [3.05, 3.63) is 42.2 Å². The van der Waals surface area contributed by atoms with Gasteiger partial charge in [0.1, 0.15) is 4.75 Å². The molecule has 1 aromatic heterocycles. The van der Waals surface area contributed by atoms with Gasteiger partial charge in [0.2, 0.25) is 0 Å². The second kappa shape index (κ2) is 5.49. The fraction of sp³-hybridized carbons (Fsp3) is 0.400. The molecule has 1 N–H and O–H groups in total. The molecule has 2 rings (SSSR count). The molecule has 1 aromatic carbocycles. The van der Waals surface area contributed by atoms with Crippen molar-refractivity contribution in [1.29, 1.82) is 0 Å². The Kier molecular flexibility index (Phi) is 4.13. The summed E-state index contributed by atoms with van der Waals surface area (Å²) in [6.07, 6.45) is 3.70. The molecule has 4 heteroatoms. The molecule has 0 radical (unpaired) electrons. The number of benzene rings is 1. The smallest absolute Gasteiger partial charge is 0.136 e. The number of fused-ring (bicyclic) bond motifs is 1.